The van der Waals surface area contributed by atoms with Crippen LogP contribution in [0.3, 0.4) is 0 Å². The van der Waals surface area contributed by atoms with Crippen LogP contribution in [0.15, 0.2) is 0 Å². The molecule has 0 bridgehead atoms. The number of hydrogen-bond acceptors (Lipinski definition) is 2. The van der Waals surface area contributed by atoms with Gasteiger partial charge < -0.3 is 5.32 Å². The lowest BCUT2D eigenvalue weighted by Gasteiger charge is -2.32. The number of rotatable bonds is 5. The molecule has 0 aromatic rings. The van der Waals surface area contributed by atoms with Crippen LogP contribution in [0.2, 0.25) is 0 Å². The summed E-state index contributed by atoms with van der Waals surface area (Å²) in [5.74, 6) is 1.03. The maximum atomic E-state index is 3.43. The molecule has 0 aromatic carbocycles. The van der Waals surface area contributed by atoms with E-state index in [0.717, 1.165) is 24.0 Å². The Morgan fingerprint density at radius 1 is 1.20 bits per heavy atom. The predicted octanol–water partition coefficient (Wildman–Crippen LogP) is 2.25. The van der Waals surface area contributed by atoms with Gasteiger partial charge in [0, 0.05) is 24.7 Å². The lowest BCUT2D eigenvalue weighted by Crippen LogP contribution is -2.41. The maximum Gasteiger partial charge on any atom is 0.0113 e. The molecule has 0 heterocycles. The van der Waals surface area contributed by atoms with Gasteiger partial charge in [-0.3, -0.25) is 4.90 Å². The van der Waals surface area contributed by atoms with Crippen LogP contribution in [0.4, 0.5) is 0 Å². The molecule has 0 aliphatic heterocycles. The average molecular weight is 210 g/mol. The Bertz CT molecular complexity index is 199. The fraction of sp³-hybridized carbons (Fsp3) is 1.00. The molecule has 1 N–H and O–H groups in total. The minimum atomic E-state index is 0.728. The Kier molecular flexibility index (Phi) is 3.68. The van der Waals surface area contributed by atoms with Gasteiger partial charge in [-0.1, -0.05) is 0 Å². The molecule has 2 aliphatic rings. The highest BCUT2D eigenvalue weighted by molar-refractivity contribution is 4.89. The topological polar surface area (TPSA) is 15.3 Å². The van der Waals surface area contributed by atoms with E-state index in [4.69, 9.17) is 0 Å². The first-order valence-corrected chi connectivity index (χ1v) is 6.63. The standard InChI is InChI=1S/C13H26N2/c1-10(2)15(9-11-4-5-11)13-7-6-12(8-13)14-3/h10-14H,4-9H2,1-3H3. The zero-order chi connectivity index (χ0) is 10.8. The predicted molar refractivity (Wildman–Crippen MR) is 65.1 cm³/mol. The molecule has 88 valence electrons. The van der Waals surface area contributed by atoms with Crippen molar-refractivity contribution in [1.82, 2.24) is 10.2 Å². The van der Waals surface area contributed by atoms with Gasteiger partial charge in [0.1, 0.15) is 0 Å². The summed E-state index contributed by atoms with van der Waals surface area (Å²) in [5.41, 5.74) is 0. The highest BCUT2D eigenvalue weighted by Gasteiger charge is 2.33. The van der Waals surface area contributed by atoms with E-state index in [1.165, 1.54) is 38.6 Å². The summed E-state index contributed by atoms with van der Waals surface area (Å²) < 4.78 is 0. The lowest BCUT2D eigenvalue weighted by molar-refractivity contribution is 0.146. The summed E-state index contributed by atoms with van der Waals surface area (Å²) in [4.78, 5) is 2.76. The first-order valence-electron chi connectivity index (χ1n) is 6.63. The highest BCUT2D eigenvalue weighted by Crippen LogP contribution is 2.33. The molecule has 2 saturated carbocycles. The molecule has 0 aromatic heterocycles. The molecule has 15 heavy (non-hydrogen) atoms. The van der Waals surface area contributed by atoms with Gasteiger partial charge in [0.25, 0.3) is 0 Å². The fourth-order valence-corrected chi connectivity index (χ4v) is 2.90. The first kappa shape index (κ1) is 11.4. The van der Waals surface area contributed by atoms with Crippen LogP contribution in [-0.4, -0.2) is 36.6 Å². The second-order valence-corrected chi connectivity index (χ2v) is 5.69. The average Bonchev–Trinajstić information content (AvgIpc) is 2.91. The third-order valence-corrected chi connectivity index (χ3v) is 4.11. The van der Waals surface area contributed by atoms with E-state index in [1.807, 2.05) is 0 Å². The molecule has 2 aliphatic carbocycles. The second kappa shape index (κ2) is 4.84. The van der Waals surface area contributed by atoms with Crippen molar-refractivity contribution in [2.75, 3.05) is 13.6 Å². The van der Waals surface area contributed by atoms with Crippen molar-refractivity contribution in [1.29, 1.82) is 0 Å². The van der Waals surface area contributed by atoms with Gasteiger partial charge in [0.2, 0.25) is 0 Å². The Hall–Kier alpha value is -0.0800. The molecule has 2 heteroatoms. The van der Waals surface area contributed by atoms with Crippen molar-refractivity contribution in [3.8, 4) is 0 Å². The summed E-state index contributed by atoms with van der Waals surface area (Å²) in [6.45, 7) is 6.07. The molecule has 2 nitrogen and oxygen atoms in total. The van der Waals surface area contributed by atoms with Crippen molar-refractivity contribution >= 4 is 0 Å². The summed E-state index contributed by atoms with van der Waals surface area (Å²) in [6.07, 6.45) is 7.09. The van der Waals surface area contributed by atoms with Crippen LogP contribution in [-0.2, 0) is 0 Å². The van der Waals surface area contributed by atoms with Crippen LogP contribution in [0.1, 0.15) is 46.0 Å². The van der Waals surface area contributed by atoms with Gasteiger partial charge in [-0.05, 0) is 58.9 Å². The minimum Gasteiger partial charge on any atom is -0.317 e. The van der Waals surface area contributed by atoms with Gasteiger partial charge in [-0.2, -0.15) is 0 Å². The molecular weight excluding hydrogens is 184 g/mol. The maximum absolute atomic E-state index is 3.43. The number of nitrogens with one attached hydrogen (secondary N) is 1. The molecule has 0 radical (unpaired) electrons. The van der Waals surface area contributed by atoms with E-state index >= 15 is 0 Å². The van der Waals surface area contributed by atoms with Crippen molar-refractivity contribution in [2.45, 2.75) is 64.1 Å². The summed E-state index contributed by atoms with van der Waals surface area (Å²) >= 11 is 0. The van der Waals surface area contributed by atoms with Crippen molar-refractivity contribution < 1.29 is 0 Å². The Balaban J connectivity index is 1.86. The van der Waals surface area contributed by atoms with E-state index in [9.17, 15) is 0 Å². The third kappa shape index (κ3) is 2.94. The van der Waals surface area contributed by atoms with E-state index in [0.29, 0.717) is 0 Å². The van der Waals surface area contributed by atoms with Crippen LogP contribution < -0.4 is 5.32 Å². The van der Waals surface area contributed by atoms with Crippen LogP contribution in [0.25, 0.3) is 0 Å². The van der Waals surface area contributed by atoms with Gasteiger partial charge in [0.05, 0.1) is 0 Å². The molecule has 2 fully saturated rings. The summed E-state index contributed by atoms with van der Waals surface area (Å²) in [7, 11) is 2.10. The minimum absolute atomic E-state index is 0.728. The molecule has 2 rings (SSSR count). The van der Waals surface area contributed by atoms with Crippen LogP contribution in [0, 0.1) is 5.92 Å². The molecule has 2 unspecified atom stereocenters. The molecule has 0 spiro atoms. The molecule has 0 amide bonds. The van der Waals surface area contributed by atoms with E-state index in [1.54, 1.807) is 0 Å². The Morgan fingerprint density at radius 3 is 2.40 bits per heavy atom. The zero-order valence-corrected chi connectivity index (χ0v) is 10.5. The van der Waals surface area contributed by atoms with Gasteiger partial charge in [-0.15, -0.1) is 0 Å². The molecular formula is C13H26N2. The SMILES string of the molecule is CNC1CCC(N(CC2CC2)C(C)C)C1. The number of hydrogen-bond donors (Lipinski definition) is 1. The largest absolute Gasteiger partial charge is 0.317 e. The fourth-order valence-electron chi connectivity index (χ4n) is 2.90. The smallest absolute Gasteiger partial charge is 0.0113 e. The summed E-state index contributed by atoms with van der Waals surface area (Å²) in [6, 6.07) is 2.35. The summed E-state index contributed by atoms with van der Waals surface area (Å²) in [5, 5.41) is 3.43. The normalized spacial score (nSPS) is 31.8. The molecule has 2 atom stereocenters. The van der Waals surface area contributed by atoms with Crippen molar-refractivity contribution in [3.05, 3.63) is 0 Å². The zero-order valence-electron chi connectivity index (χ0n) is 10.5. The van der Waals surface area contributed by atoms with Crippen LogP contribution >= 0.6 is 0 Å². The van der Waals surface area contributed by atoms with Gasteiger partial charge in [-0.25, -0.2) is 0 Å². The number of nitrogens with zero attached hydrogens (tertiary/aromatic N) is 1. The Labute approximate surface area is 94.4 Å². The third-order valence-electron chi connectivity index (χ3n) is 4.11. The Morgan fingerprint density at radius 2 is 1.93 bits per heavy atom. The monoisotopic (exact) mass is 210 g/mol. The first-order chi connectivity index (χ1) is 7.20. The van der Waals surface area contributed by atoms with E-state index in [2.05, 4.69) is 31.1 Å². The highest BCUT2D eigenvalue weighted by atomic mass is 15.2. The van der Waals surface area contributed by atoms with E-state index in [-0.39, 0.29) is 0 Å². The molecule has 0 saturated heterocycles. The van der Waals surface area contributed by atoms with Crippen molar-refractivity contribution in [3.63, 3.8) is 0 Å². The van der Waals surface area contributed by atoms with Crippen LogP contribution in [0.5, 0.6) is 0 Å². The van der Waals surface area contributed by atoms with Crippen molar-refractivity contribution in [2.24, 2.45) is 5.92 Å². The lowest BCUT2D eigenvalue weighted by atomic mass is 10.1. The second-order valence-electron chi connectivity index (χ2n) is 5.69. The van der Waals surface area contributed by atoms with Gasteiger partial charge in [0.15, 0.2) is 0 Å². The van der Waals surface area contributed by atoms with E-state index < -0.39 is 0 Å². The quantitative estimate of drug-likeness (QED) is 0.749. The van der Waals surface area contributed by atoms with Gasteiger partial charge >= 0.3 is 0 Å².